The number of halogens is 1. The second kappa shape index (κ2) is 33.8. The molecule has 0 aliphatic heterocycles. The zero-order valence-electron chi connectivity index (χ0n) is 69.5. The van der Waals surface area contributed by atoms with Gasteiger partial charge in [0.2, 0.25) is 0 Å². The Bertz CT molecular complexity index is 7980. The normalized spacial score (nSPS) is 11.3. The highest BCUT2D eigenvalue weighted by Gasteiger charge is 2.22. The van der Waals surface area contributed by atoms with Gasteiger partial charge in [-0.1, -0.05) is 307 Å². The molecule has 24 aromatic rings. The standard InChI is InChI=1S/C60H41N3.C42H28N2.C18H14BrN/c1-4-16-44(17-5-1)61(45-18-6-2-7-19-45)48-33-35-49(36-34-48)62(50-37-38-55-53-24-11-10-22-51(53)52-23-12-13-25-54(52)57(55)41-50)47-31-28-42(29-32-47)43-30-39-60-58(40-43)56-26-14-15-27-59(56)63(60)46-20-8-3-9-21-46;1-2-10-32(11-3-1)44-41-17-9-8-16-38(41)40-26-29(20-25-42(40)44)28-18-21-30(22-19-28)43-31-23-24-37-35-14-5-4-12-33(35)34-13-6-7-15-36(34)39(37)27-31;19-15-11-13-18(14-12-15)20(16-7-3-1-4-8-16)17-9-5-2-6-10-17/h1-41H;1-27,43H;1-14H. The van der Waals surface area contributed by atoms with Gasteiger partial charge in [0.05, 0.1) is 22.1 Å². The molecule has 0 spiro atoms. The molecular formula is C120H83BrN6. The maximum atomic E-state index is 3.66. The van der Waals surface area contributed by atoms with Gasteiger partial charge in [0, 0.05) is 100.0 Å². The molecule has 0 bridgehead atoms. The number of para-hydroxylation sites is 8. The average molecular weight is 1690 g/mol. The Hall–Kier alpha value is -16.3. The van der Waals surface area contributed by atoms with Crippen LogP contribution in [-0.2, 0) is 0 Å². The first kappa shape index (κ1) is 76.8. The number of nitrogens with zero attached hydrogens (tertiary/aromatic N) is 5. The summed E-state index contributed by atoms with van der Waals surface area (Å²) in [6, 6.07) is 178. The van der Waals surface area contributed by atoms with Crippen LogP contribution in [0, 0.1) is 0 Å². The van der Waals surface area contributed by atoms with Crippen LogP contribution in [0.1, 0.15) is 0 Å². The van der Waals surface area contributed by atoms with Crippen LogP contribution in [0.15, 0.2) is 502 Å². The Morgan fingerprint density at radius 1 is 0.157 bits per heavy atom. The van der Waals surface area contributed by atoms with Crippen LogP contribution >= 0.6 is 15.9 Å². The second-order valence-electron chi connectivity index (χ2n) is 32.1. The predicted octanol–water partition coefficient (Wildman–Crippen LogP) is 34.4. The maximum Gasteiger partial charge on any atom is 0.0541 e. The van der Waals surface area contributed by atoms with Crippen LogP contribution in [0.25, 0.3) is 142 Å². The van der Waals surface area contributed by atoms with Crippen molar-refractivity contribution in [3.63, 3.8) is 0 Å². The highest BCUT2D eigenvalue weighted by Crippen LogP contribution is 2.46. The van der Waals surface area contributed by atoms with Crippen molar-refractivity contribution in [1.29, 1.82) is 0 Å². The number of nitrogens with one attached hydrogen (secondary N) is 1. The van der Waals surface area contributed by atoms with Crippen molar-refractivity contribution in [1.82, 2.24) is 9.13 Å². The maximum absolute atomic E-state index is 3.66. The Morgan fingerprint density at radius 2 is 0.402 bits per heavy atom. The fourth-order valence-corrected chi connectivity index (χ4v) is 19.0. The first-order valence-electron chi connectivity index (χ1n) is 43.2. The molecule has 1 N–H and O–H groups in total. The third-order valence-electron chi connectivity index (χ3n) is 24.6. The summed E-state index contributed by atoms with van der Waals surface area (Å²) in [6.07, 6.45) is 0. The third kappa shape index (κ3) is 14.7. The van der Waals surface area contributed by atoms with Gasteiger partial charge in [-0.15, -0.1) is 0 Å². The van der Waals surface area contributed by atoms with E-state index < -0.39 is 0 Å². The number of aromatic nitrogens is 2. The van der Waals surface area contributed by atoms with Crippen molar-refractivity contribution in [2.24, 2.45) is 0 Å². The molecular weight excluding hydrogens is 1610 g/mol. The van der Waals surface area contributed by atoms with Crippen LogP contribution in [0.5, 0.6) is 0 Å². The first-order chi connectivity index (χ1) is 62.9. The molecule has 24 rings (SSSR count). The zero-order chi connectivity index (χ0) is 84.5. The minimum absolute atomic E-state index is 1.07. The summed E-state index contributed by atoms with van der Waals surface area (Å²) in [5, 5.41) is 24.0. The Kier molecular flexibility index (Phi) is 20.5. The monoisotopic (exact) mass is 1690 g/mol. The molecule has 0 saturated heterocycles. The van der Waals surface area contributed by atoms with Gasteiger partial charge in [-0.3, -0.25) is 0 Å². The van der Waals surface area contributed by atoms with E-state index in [-0.39, 0.29) is 0 Å². The SMILES string of the molecule is Brc1ccc(N(c2ccccc2)c2ccccc2)cc1.c1ccc(-n2c3ccccc3c3cc(-c4ccc(Nc5ccc6c7ccccc7c7ccccc7c6c5)cc4)ccc32)cc1.c1ccc(N(c2ccccc2)c2ccc(N(c3ccc(-c4ccc5c(c4)c4ccccc4n5-c4ccccc4)cc3)c3ccc4c5ccccc5c5ccccc5c4c3)cc2)cc1. The molecule has 6 nitrogen and oxygen atoms in total. The van der Waals surface area contributed by atoms with Crippen molar-refractivity contribution in [2.45, 2.75) is 0 Å². The highest BCUT2D eigenvalue weighted by atomic mass is 79.9. The zero-order valence-corrected chi connectivity index (χ0v) is 71.0. The smallest absolute Gasteiger partial charge is 0.0541 e. The van der Waals surface area contributed by atoms with Crippen LogP contribution in [0.2, 0.25) is 0 Å². The van der Waals surface area contributed by atoms with E-state index in [1.165, 1.54) is 136 Å². The summed E-state index contributed by atoms with van der Waals surface area (Å²) in [5.74, 6) is 0. The summed E-state index contributed by atoms with van der Waals surface area (Å²) in [4.78, 5) is 6.94. The van der Waals surface area contributed by atoms with Crippen LogP contribution in [-0.4, -0.2) is 9.13 Å². The fraction of sp³-hybridized carbons (Fsp3) is 0. The minimum Gasteiger partial charge on any atom is -0.356 e. The third-order valence-corrected chi connectivity index (χ3v) is 25.1. The topological polar surface area (TPSA) is 31.6 Å². The van der Waals surface area contributed by atoms with Gasteiger partial charge in [0.1, 0.15) is 0 Å². The molecule has 600 valence electrons. The van der Waals surface area contributed by atoms with Gasteiger partial charge in [-0.05, 0) is 293 Å². The summed E-state index contributed by atoms with van der Waals surface area (Å²) >= 11 is 3.49. The lowest BCUT2D eigenvalue weighted by molar-refractivity contribution is 1.18. The van der Waals surface area contributed by atoms with E-state index in [9.17, 15) is 0 Å². The van der Waals surface area contributed by atoms with Crippen LogP contribution in [0.4, 0.5) is 62.6 Å². The van der Waals surface area contributed by atoms with E-state index >= 15 is 0 Å². The molecule has 0 saturated carbocycles. The number of rotatable bonds is 15. The summed E-state index contributed by atoms with van der Waals surface area (Å²) in [6.45, 7) is 0. The van der Waals surface area contributed by atoms with Gasteiger partial charge in [0.15, 0.2) is 0 Å². The van der Waals surface area contributed by atoms with Crippen LogP contribution < -0.4 is 20.0 Å². The molecule has 2 aromatic heterocycles. The minimum atomic E-state index is 1.07. The molecule has 0 radical (unpaired) electrons. The molecule has 22 aromatic carbocycles. The molecule has 7 heteroatoms. The van der Waals surface area contributed by atoms with E-state index in [2.05, 4.69) is 530 Å². The van der Waals surface area contributed by atoms with Crippen molar-refractivity contribution < 1.29 is 0 Å². The fourth-order valence-electron chi connectivity index (χ4n) is 18.7. The predicted molar refractivity (Wildman–Crippen MR) is 545 cm³/mol. The Morgan fingerprint density at radius 3 is 0.780 bits per heavy atom. The second-order valence-corrected chi connectivity index (χ2v) is 33.0. The van der Waals surface area contributed by atoms with E-state index in [0.29, 0.717) is 0 Å². The molecule has 0 aliphatic carbocycles. The van der Waals surface area contributed by atoms with Gasteiger partial charge in [-0.2, -0.15) is 0 Å². The lowest BCUT2D eigenvalue weighted by Crippen LogP contribution is -2.12. The molecule has 0 aliphatic rings. The quantitative estimate of drug-likeness (QED) is 0.104. The number of benzene rings is 22. The first-order valence-corrected chi connectivity index (χ1v) is 44.0. The molecule has 0 unspecified atom stereocenters. The molecule has 2 heterocycles. The summed E-state index contributed by atoms with van der Waals surface area (Å²) in [7, 11) is 0. The van der Waals surface area contributed by atoms with Gasteiger partial charge < -0.3 is 29.2 Å². The molecule has 0 atom stereocenters. The van der Waals surface area contributed by atoms with Crippen LogP contribution in [0.3, 0.4) is 0 Å². The van der Waals surface area contributed by atoms with Crippen molar-refractivity contribution >= 4 is 187 Å². The van der Waals surface area contributed by atoms with Gasteiger partial charge in [0.25, 0.3) is 0 Å². The average Bonchev–Trinajstić information content (AvgIpc) is 1.44. The molecule has 0 amide bonds. The Balaban J connectivity index is 0.000000128. The number of fused-ring (bicyclic) bond motifs is 18. The van der Waals surface area contributed by atoms with Crippen molar-refractivity contribution in [2.75, 3.05) is 20.0 Å². The largest absolute Gasteiger partial charge is 0.356 e. The van der Waals surface area contributed by atoms with E-state index in [4.69, 9.17) is 0 Å². The lowest BCUT2D eigenvalue weighted by Gasteiger charge is -2.28. The van der Waals surface area contributed by atoms with Crippen molar-refractivity contribution in [3.8, 4) is 33.6 Å². The highest BCUT2D eigenvalue weighted by molar-refractivity contribution is 9.10. The lowest BCUT2D eigenvalue weighted by atomic mass is 9.94. The molecule has 127 heavy (non-hydrogen) atoms. The summed E-state index contributed by atoms with van der Waals surface area (Å²) in [5.41, 5.74) is 24.1. The summed E-state index contributed by atoms with van der Waals surface area (Å²) < 4.78 is 5.81. The van der Waals surface area contributed by atoms with E-state index in [1.807, 2.05) is 12.1 Å². The number of anilines is 11. The van der Waals surface area contributed by atoms with Gasteiger partial charge in [-0.25, -0.2) is 0 Å². The van der Waals surface area contributed by atoms with E-state index in [1.54, 1.807) is 0 Å². The number of hydrogen-bond acceptors (Lipinski definition) is 4. The van der Waals surface area contributed by atoms with E-state index in [0.717, 1.165) is 72.7 Å². The number of hydrogen-bond donors (Lipinski definition) is 1. The van der Waals surface area contributed by atoms with Gasteiger partial charge >= 0.3 is 0 Å². The van der Waals surface area contributed by atoms with Crippen molar-refractivity contribution in [3.05, 3.63) is 502 Å². The Labute approximate surface area is 746 Å². The molecule has 0 fully saturated rings.